The Hall–Kier alpha value is -2.27. The highest BCUT2D eigenvalue weighted by Crippen LogP contribution is 2.34. The van der Waals surface area contributed by atoms with Crippen LogP contribution in [-0.2, 0) is 19.4 Å². The first-order valence-corrected chi connectivity index (χ1v) is 10.6. The molecule has 2 aromatic carbocycles. The monoisotopic (exact) mass is 425 g/mol. The van der Waals surface area contributed by atoms with Gasteiger partial charge in [0, 0.05) is 41.7 Å². The standard InChI is InChI=1S/C23H21Cl2N3O/c24-19-13-18-17-5-8-26-9-6-22(17)28(23(18)14-20(19)25)10-11-29-16-4-3-15-2-1-7-27-21(15)12-16/h1-4,7,12-14,26H,5-6,8-11H2. The molecule has 3 heterocycles. The number of hydrogen-bond donors (Lipinski definition) is 1. The summed E-state index contributed by atoms with van der Waals surface area (Å²) in [4.78, 5) is 4.41. The lowest BCUT2D eigenvalue weighted by molar-refractivity contribution is 0.299. The van der Waals surface area contributed by atoms with Gasteiger partial charge in [-0.1, -0.05) is 29.3 Å². The normalized spacial score (nSPS) is 14.1. The van der Waals surface area contributed by atoms with Crippen LogP contribution in [0.15, 0.2) is 48.7 Å². The summed E-state index contributed by atoms with van der Waals surface area (Å²) in [5.74, 6) is 0.835. The van der Waals surface area contributed by atoms with Crippen molar-refractivity contribution < 1.29 is 4.74 Å². The van der Waals surface area contributed by atoms with Crippen molar-refractivity contribution in [2.75, 3.05) is 19.7 Å². The highest BCUT2D eigenvalue weighted by molar-refractivity contribution is 6.42. The molecular weight excluding hydrogens is 405 g/mol. The van der Waals surface area contributed by atoms with Crippen LogP contribution in [-0.4, -0.2) is 29.2 Å². The van der Waals surface area contributed by atoms with Gasteiger partial charge in [-0.05, 0) is 48.9 Å². The quantitative estimate of drug-likeness (QED) is 0.484. The molecule has 0 saturated carbocycles. The molecule has 1 aliphatic rings. The number of nitrogens with zero attached hydrogens (tertiary/aromatic N) is 2. The molecule has 29 heavy (non-hydrogen) atoms. The molecule has 0 fully saturated rings. The van der Waals surface area contributed by atoms with Crippen molar-refractivity contribution in [3.63, 3.8) is 0 Å². The minimum Gasteiger partial charge on any atom is -0.492 e. The number of fused-ring (bicyclic) bond motifs is 4. The number of nitrogens with one attached hydrogen (secondary N) is 1. The van der Waals surface area contributed by atoms with Gasteiger partial charge in [0.15, 0.2) is 0 Å². The fraction of sp³-hybridized carbons (Fsp3) is 0.261. The van der Waals surface area contributed by atoms with Gasteiger partial charge in [-0.15, -0.1) is 0 Å². The van der Waals surface area contributed by atoms with E-state index < -0.39 is 0 Å². The Morgan fingerprint density at radius 2 is 1.90 bits per heavy atom. The Kier molecular flexibility index (Phi) is 5.08. The van der Waals surface area contributed by atoms with Gasteiger partial charge in [0.05, 0.1) is 27.6 Å². The first-order valence-electron chi connectivity index (χ1n) is 9.88. The summed E-state index contributed by atoms with van der Waals surface area (Å²) < 4.78 is 8.42. The van der Waals surface area contributed by atoms with Crippen molar-refractivity contribution in [3.05, 3.63) is 70.0 Å². The van der Waals surface area contributed by atoms with Crippen LogP contribution >= 0.6 is 23.2 Å². The SMILES string of the molecule is Clc1cc2c3c(n(CCOc4ccc5cccnc5c4)c2cc1Cl)CCNCC3. The molecule has 5 rings (SSSR count). The molecule has 0 amide bonds. The molecule has 1 aliphatic heterocycles. The van der Waals surface area contributed by atoms with Crippen LogP contribution in [0.1, 0.15) is 11.3 Å². The largest absolute Gasteiger partial charge is 0.492 e. The molecule has 6 heteroatoms. The van der Waals surface area contributed by atoms with Crippen LogP contribution in [0.4, 0.5) is 0 Å². The summed E-state index contributed by atoms with van der Waals surface area (Å²) in [6.07, 6.45) is 3.78. The van der Waals surface area contributed by atoms with Gasteiger partial charge < -0.3 is 14.6 Å². The highest BCUT2D eigenvalue weighted by Gasteiger charge is 2.20. The minimum absolute atomic E-state index is 0.572. The molecule has 1 N–H and O–H groups in total. The third kappa shape index (κ3) is 3.57. The molecule has 0 aliphatic carbocycles. The molecule has 0 unspecified atom stereocenters. The summed E-state index contributed by atoms with van der Waals surface area (Å²) in [5, 5.41) is 7.00. The fourth-order valence-electron chi connectivity index (χ4n) is 4.22. The molecule has 0 atom stereocenters. The van der Waals surface area contributed by atoms with Gasteiger partial charge in [0.1, 0.15) is 12.4 Å². The molecule has 0 spiro atoms. The first kappa shape index (κ1) is 18.7. The van der Waals surface area contributed by atoms with Crippen molar-refractivity contribution in [3.8, 4) is 5.75 Å². The molecule has 2 aromatic heterocycles. The Morgan fingerprint density at radius 1 is 1.03 bits per heavy atom. The third-order valence-corrected chi connectivity index (χ3v) is 6.30. The molecule has 4 aromatic rings. The van der Waals surface area contributed by atoms with Gasteiger partial charge in [-0.2, -0.15) is 0 Å². The number of ether oxygens (including phenoxy) is 1. The zero-order valence-electron chi connectivity index (χ0n) is 15.9. The zero-order valence-corrected chi connectivity index (χ0v) is 17.4. The molecule has 0 saturated heterocycles. The van der Waals surface area contributed by atoms with Gasteiger partial charge in [0.25, 0.3) is 0 Å². The number of halogens is 2. The summed E-state index contributed by atoms with van der Waals surface area (Å²) in [5.41, 5.74) is 4.80. The number of aromatic nitrogens is 2. The van der Waals surface area contributed by atoms with Gasteiger partial charge >= 0.3 is 0 Å². The fourth-order valence-corrected chi connectivity index (χ4v) is 4.54. The third-order valence-electron chi connectivity index (χ3n) is 5.58. The van der Waals surface area contributed by atoms with E-state index in [0.717, 1.165) is 54.6 Å². The van der Waals surface area contributed by atoms with Crippen molar-refractivity contribution in [1.29, 1.82) is 0 Å². The second-order valence-corrected chi connectivity index (χ2v) is 8.13. The summed E-state index contributed by atoms with van der Waals surface area (Å²) in [7, 11) is 0. The average molecular weight is 426 g/mol. The Balaban J connectivity index is 1.44. The Morgan fingerprint density at radius 3 is 2.83 bits per heavy atom. The van der Waals surface area contributed by atoms with E-state index in [4.69, 9.17) is 27.9 Å². The molecular formula is C23H21Cl2N3O. The van der Waals surface area contributed by atoms with Crippen LogP contribution in [0.25, 0.3) is 21.8 Å². The van der Waals surface area contributed by atoms with Gasteiger partial charge in [-0.3, -0.25) is 4.98 Å². The van der Waals surface area contributed by atoms with E-state index in [9.17, 15) is 0 Å². The lowest BCUT2D eigenvalue weighted by atomic mass is 10.1. The number of benzene rings is 2. The number of pyridine rings is 1. The van der Waals surface area contributed by atoms with E-state index in [0.29, 0.717) is 16.7 Å². The Bertz CT molecular complexity index is 1200. The summed E-state index contributed by atoms with van der Waals surface area (Å²) >= 11 is 12.7. The molecule has 148 valence electrons. The lowest BCUT2D eigenvalue weighted by Crippen LogP contribution is -2.18. The van der Waals surface area contributed by atoms with E-state index in [2.05, 4.69) is 20.9 Å². The maximum Gasteiger partial charge on any atom is 0.121 e. The Labute approximate surface area is 179 Å². The van der Waals surface area contributed by atoms with Crippen LogP contribution in [0.3, 0.4) is 0 Å². The molecule has 0 bridgehead atoms. The topological polar surface area (TPSA) is 39.1 Å². The van der Waals surface area contributed by atoms with Crippen LogP contribution in [0.2, 0.25) is 10.0 Å². The van der Waals surface area contributed by atoms with E-state index in [-0.39, 0.29) is 0 Å². The van der Waals surface area contributed by atoms with Crippen molar-refractivity contribution >= 4 is 45.0 Å². The van der Waals surface area contributed by atoms with Crippen LogP contribution in [0.5, 0.6) is 5.75 Å². The second-order valence-electron chi connectivity index (χ2n) is 7.32. The number of hydrogen-bond acceptors (Lipinski definition) is 3. The number of rotatable bonds is 4. The van der Waals surface area contributed by atoms with Gasteiger partial charge in [0.2, 0.25) is 0 Å². The van der Waals surface area contributed by atoms with Crippen molar-refractivity contribution in [2.24, 2.45) is 0 Å². The van der Waals surface area contributed by atoms with E-state index >= 15 is 0 Å². The lowest BCUT2D eigenvalue weighted by Gasteiger charge is -2.13. The van der Waals surface area contributed by atoms with Gasteiger partial charge in [-0.25, -0.2) is 0 Å². The van der Waals surface area contributed by atoms with Crippen LogP contribution < -0.4 is 10.1 Å². The summed E-state index contributed by atoms with van der Waals surface area (Å²) in [6.45, 7) is 3.28. The average Bonchev–Trinajstić information content (AvgIpc) is 2.88. The molecule has 0 radical (unpaired) electrons. The van der Waals surface area contributed by atoms with Crippen molar-refractivity contribution in [2.45, 2.75) is 19.4 Å². The highest BCUT2D eigenvalue weighted by atomic mass is 35.5. The van der Waals surface area contributed by atoms with Crippen LogP contribution in [0, 0.1) is 0 Å². The zero-order chi connectivity index (χ0) is 19.8. The first-order chi connectivity index (χ1) is 14.2. The van der Waals surface area contributed by atoms with E-state index in [1.54, 1.807) is 6.20 Å². The summed E-state index contributed by atoms with van der Waals surface area (Å²) in [6, 6.07) is 14.0. The smallest absolute Gasteiger partial charge is 0.121 e. The second kappa shape index (κ2) is 7.86. The van der Waals surface area contributed by atoms with E-state index in [1.807, 2.05) is 36.4 Å². The maximum absolute atomic E-state index is 6.35. The predicted octanol–water partition coefficient (Wildman–Crippen LogP) is 5.26. The maximum atomic E-state index is 6.35. The minimum atomic E-state index is 0.572. The predicted molar refractivity (Wildman–Crippen MR) is 119 cm³/mol. The van der Waals surface area contributed by atoms with Crippen molar-refractivity contribution in [1.82, 2.24) is 14.9 Å². The van der Waals surface area contributed by atoms with E-state index in [1.165, 1.54) is 16.6 Å². The molecule has 4 nitrogen and oxygen atoms in total.